The Kier molecular flexibility index (Phi) is 3.61. The molecule has 0 saturated heterocycles. The Labute approximate surface area is 79.8 Å². The summed E-state index contributed by atoms with van der Waals surface area (Å²) in [7, 11) is 0. The lowest BCUT2D eigenvalue weighted by Crippen LogP contribution is -1.97. The van der Waals surface area contributed by atoms with Crippen molar-refractivity contribution in [1.82, 2.24) is 0 Å². The second-order valence-corrected chi connectivity index (χ2v) is 2.08. The molecule has 4 nitrogen and oxygen atoms in total. The Morgan fingerprint density at radius 2 is 2.00 bits per heavy atom. The first-order valence-electron chi connectivity index (χ1n) is 2.93. The van der Waals surface area contributed by atoms with Crippen molar-refractivity contribution < 1.29 is 15.0 Å². The van der Waals surface area contributed by atoms with E-state index in [0.29, 0.717) is 5.69 Å². The van der Waals surface area contributed by atoms with E-state index in [0.717, 1.165) is 0 Å². The van der Waals surface area contributed by atoms with Crippen LogP contribution < -0.4 is 5.73 Å². The van der Waals surface area contributed by atoms with Gasteiger partial charge in [0.25, 0.3) is 0 Å². The van der Waals surface area contributed by atoms with Gasteiger partial charge in [0.2, 0.25) is 0 Å². The molecule has 0 fully saturated rings. The van der Waals surface area contributed by atoms with Gasteiger partial charge in [0.1, 0.15) is 11.3 Å². The molecule has 0 saturated carbocycles. The fraction of sp³-hybridized carbons (Fsp3) is 0. The maximum Gasteiger partial charge on any atom is 0.339 e. The van der Waals surface area contributed by atoms with Crippen molar-refractivity contribution in [2.24, 2.45) is 0 Å². The second-order valence-electron chi connectivity index (χ2n) is 2.08. The Morgan fingerprint density at radius 1 is 1.42 bits per heavy atom. The number of carboxylic acid groups (broad SMARTS) is 1. The van der Waals surface area contributed by atoms with Crippen molar-refractivity contribution in [3.05, 3.63) is 23.8 Å². The van der Waals surface area contributed by atoms with Gasteiger partial charge >= 0.3 is 5.97 Å². The molecule has 3 radical (unpaired) electrons. The van der Waals surface area contributed by atoms with E-state index in [4.69, 9.17) is 15.9 Å². The van der Waals surface area contributed by atoms with Crippen LogP contribution in [0.2, 0.25) is 0 Å². The third-order valence-corrected chi connectivity index (χ3v) is 1.25. The predicted octanol–water partition coefficient (Wildman–Crippen LogP) is 0.292. The van der Waals surface area contributed by atoms with Gasteiger partial charge in [-0.3, -0.25) is 0 Å². The van der Waals surface area contributed by atoms with Crippen LogP contribution in [0.15, 0.2) is 18.2 Å². The predicted molar refractivity (Wildman–Crippen MR) is 45.2 cm³/mol. The number of carboxylic acids is 1. The van der Waals surface area contributed by atoms with Crippen LogP contribution >= 0.6 is 0 Å². The van der Waals surface area contributed by atoms with E-state index in [1.54, 1.807) is 0 Å². The van der Waals surface area contributed by atoms with E-state index < -0.39 is 5.97 Å². The summed E-state index contributed by atoms with van der Waals surface area (Å²) in [5.41, 5.74) is 5.48. The molecular formula is C7H7AlNO3. The summed E-state index contributed by atoms with van der Waals surface area (Å²) in [5, 5.41) is 17.5. The van der Waals surface area contributed by atoms with Crippen molar-refractivity contribution in [1.29, 1.82) is 0 Å². The van der Waals surface area contributed by atoms with Gasteiger partial charge in [0.05, 0.1) is 0 Å². The van der Waals surface area contributed by atoms with E-state index >= 15 is 0 Å². The molecule has 4 N–H and O–H groups in total. The summed E-state index contributed by atoms with van der Waals surface area (Å²) in [4.78, 5) is 10.3. The maximum absolute atomic E-state index is 10.3. The van der Waals surface area contributed by atoms with Gasteiger partial charge in [-0.1, -0.05) is 0 Å². The summed E-state index contributed by atoms with van der Waals surface area (Å²) in [6.07, 6.45) is 0. The normalized spacial score (nSPS) is 8.67. The third kappa shape index (κ3) is 2.16. The van der Waals surface area contributed by atoms with Gasteiger partial charge in [0, 0.05) is 29.1 Å². The number of aromatic carboxylic acids is 1. The number of nitrogen functional groups attached to an aromatic ring is 1. The van der Waals surface area contributed by atoms with E-state index in [2.05, 4.69) is 0 Å². The van der Waals surface area contributed by atoms with E-state index in [9.17, 15) is 4.79 Å². The van der Waals surface area contributed by atoms with Gasteiger partial charge in [-0.2, -0.15) is 0 Å². The SMILES string of the molecule is Nc1ccc(C(=O)O)c(O)c1.[Al]. The molecule has 1 aromatic rings. The van der Waals surface area contributed by atoms with E-state index in [-0.39, 0.29) is 28.7 Å². The van der Waals surface area contributed by atoms with Crippen LogP contribution in [0.4, 0.5) is 5.69 Å². The number of benzene rings is 1. The minimum atomic E-state index is -1.16. The number of carbonyl (C=O) groups is 1. The van der Waals surface area contributed by atoms with Gasteiger partial charge in [0.15, 0.2) is 0 Å². The molecule has 0 aliphatic heterocycles. The van der Waals surface area contributed by atoms with Crippen molar-refractivity contribution >= 4 is 29.0 Å². The van der Waals surface area contributed by atoms with Gasteiger partial charge in [-0.25, -0.2) is 4.79 Å². The Morgan fingerprint density at radius 3 is 2.42 bits per heavy atom. The van der Waals surface area contributed by atoms with Gasteiger partial charge in [-0.15, -0.1) is 0 Å². The van der Waals surface area contributed by atoms with Gasteiger partial charge < -0.3 is 15.9 Å². The van der Waals surface area contributed by atoms with Crippen LogP contribution in [0.1, 0.15) is 10.4 Å². The Balaban J connectivity index is 0.00000121. The van der Waals surface area contributed by atoms with E-state index in [1.807, 2.05) is 0 Å². The fourth-order valence-corrected chi connectivity index (χ4v) is 0.730. The number of rotatable bonds is 1. The van der Waals surface area contributed by atoms with Crippen molar-refractivity contribution in [2.75, 3.05) is 5.73 Å². The number of anilines is 1. The molecule has 0 aromatic heterocycles. The number of phenols is 1. The summed E-state index contributed by atoms with van der Waals surface area (Å²) in [6.45, 7) is 0. The molecule has 0 heterocycles. The average Bonchev–Trinajstić information content (AvgIpc) is 1.85. The highest BCUT2D eigenvalue weighted by atomic mass is 27.0. The largest absolute Gasteiger partial charge is 0.507 e. The number of aromatic hydroxyl groups is 1. The zero-order valence-corrected chi connectivity index (χ0v) is 7.34. The van der Waals surface area contributed by atoms with Crippen LogP contribution in [0.5, 0.6) is 5.75 Å². The lowest BCUT2D eigenvalue weighted by molar-refractivity contribution is 0.0694. The van der Waals surface area contributed by atoms with Crippen molar-refractivity contribution in [2.45, 2.75) is 0 Å². The smallest absolute Gasteiger partial charge is 0.339 e. The zero-order valence-electron chi connectivity index (χ0n) is 6.19. The number of nitrogens with two attached hydrogens (primary N) is 1. The highest BCUT2D eigenvalue weighted by molar-refractivity contribution is 5.91. The summed E-state index contributed by atoms with van der Waals surface area (Å²) < 4.78 is 0. The Hall–Kier alpha value is -1.18. The minimum Gasteiger partial charge on any atom is -0.507 e. The van der Waals surface area contributed by atoms with Gasteiger partial charge in [-0.05, 0) is 12.1 Å². The summed E-state index contributed by atoms with van der Waals surface area (Å²) >= 11 is 0. The molecule has 5 heteroatoms. The topological polar surface area (TPSA) is 83.6 Å². The summed E-state index contributed by atoms with van der Waals surface area (Å²) in [6, 6.07) is 3.87. The second kappa shape index (κ2) is 4.00. The summed E-state index contributed by atoms with van der Waals surface area (Å²) in [5.74, 6) is -1.47. The third-order valence-electron chi connectivity index (χ3n) is 1.25. The molecule has 61 valence electrons. The molecule has 1 rings (SSSR count). The molecule has 0 amide bonds. The number of hydrogen-bond donors (Lipinski definition) is 3. The molecular weight excluding hydrogens is 173 g/mol. The standard InChI is InChI=1S/C7H7NO3.Al/c8-4-1-2-5(7(10)11)6(9)3-4;/h1-3,9H,8H2,(H,10,11);. The van der Waals surface area contributed by atoms with E-state index in [1.165, 1.54) is 18.2 Å². The van der Waals surface area contributed by atoms with Crippen LogP contribution in [-0.4, -0.2) is 33.5 Å². The fourth-order valence-electron chi connectivity index (χ4n) is 0.730. The molecule has 0 spiro atoms. The molecule has 0 aliphatic rings. The van der Waals surface area contributed by atoms with Crippen LogP contribution in [0.3, 0.4) is 0 Å². The molecule has 0 atom stereocenters. The quantitative estimate of drug-likeness (QED) is 0.428. The van der Waals surface area contributed by atoms with Crippen molar-refractivity contribution in [3.63, 3.8) is 0 Å². The number of hydrogen-bond acceptors (Lipinski definition) is 3. The molecule has 0 unspecified atom stereocenters. The lowest BCUT2D eigenvalue weighted by Gasteiger charge is -1.98. The highest BCUT2D eigenvalue weighted by Crippen LogP contribution is 2.19. The highest BCUT2D eigenvalue weighted by Gasteiger charge is 2.07. The molecule has 1 aromatic carbocycles. The molecule has 0 bridgehead atoms. The zero-order chi connectivity index (χ0) is 8.43. The lowest BCUT2D eigenvalue weighted by atomic mass is 10.2. The monoisotopic (exact) mass is 180 g/mol. The average molecular weight is 180 g/mol. The Bertz CT molecular complexity index is 301. The van der Waals surface area contributed by atoms with Crippen LogP contribution in [0.25, 0.3) is 0 Å². The first-order valence-corrected chi connectivity index (χ1v) is 2.93. The first-order chi connectivity index (χ1) is 5.11. The first kappa shape index (κ1) is 10.8. The van der Waals surface area contributed by atoms with Crippen LogP contribution in [0, 0.1) is 0 Å². The van der Waals surface area contributed by atoms with Crippen molar-refractivity contribution in [3.8, 4) is 5.75 Å². The maximum atomic E-state index is 10.3. The van der Waals surface area contributed by atoms with Crippen LogP contribution in [-0.2, 0) is 0 Å². The molecule has 0 aliphatic carbocycles. The minimum absolute atomic E-state index is 0. The molecule has 12 heavy (non-hydrogen) atoms.